The molecule has 0 bridgehead atoms. The lowest BCUT2D eigenvalue weighted by molar-refractivity contribution is -0.139. The first-order valence-electron chi connectivity index (χ1n) is 10.2. The molecule has 0 spiro atoms. The van der Waals surface area contributed by atoms with Crippen molar-refractivity contribution in [2.24, 2.45) is 0 Å². The van der Waals surface area contributed by atoms with E-state index < -0.39 is 6.10 Å². The number of amides is 1. The zero-order chi connectivity index (χ0) is 21.1. The highest BCUT2D eigenvalue weighted by atomic mass is 16.5. The number of ether oxygens (including phenoxy) is 2. The van der Waals surface area contributed by atoms with Gasteiger partial charge in [-0.2, -0.15) is 0 Å². The van der Waals surface area contributed by atoms with Crippen LogP contribution in [0.15, 0.2) is 37.0 Å². The van der Waals surface area contributed by atoms with Crippen LogP contribution < -0.4 is 5.32 Å². The Labute approximate surface area is 169 Å². The summed E-state index contributed by atoms with van der Waals surface area (Å²) in [6.45, 7) is 16.7. The monoisotopic (exact) mass is 392 g/mol. The summed E-state index contributed by atoms with van der Waals surface area (Å²) < 4.78 is 11.6. The molecule has 0 aromatic carbocycles. The van der Waals surface area contributed by atoms with Crippen LogP contribution in [0.25, 0.3) is 0 Å². The fourth-order valence-corrected chi connectivity index (χ4v) is 3.59. The minimum Gasteiger partial charge on any atom is -0.463 e. The number of nitrogens with one attached hydrogen (secondary N) is 1. The van der Waals surface area contributed by atoms with Gasteiger partial charge in [-0.1, -0.05) is 26.0 Å². The molecule has 0 saturated carbocycles. The van der Waals surface area contributed by atoms with E-state index in [9.17, 15) is 9.59 Å². The predicted octanol–water partition coefficient (Wildman–Crippen LogP) is 3.00. The number of nitrogens with zero attached hydrogens (tertiary/aromatic N) is 1. The smallest absolute Gasteiger partial charge is 0.333 e. The molecular weight excluding hydrogens is 356 g/mol. The highest BCUT2D eigenvalue weighted by molar-refractivity contribution is 5.89. The van der Waals surface area contributed by atoms with Crippen molar-refractivity contribution in [2.75, 3.05) is 19.7 Å². The van der Waals surface area contributed by atoms with Gasteiger partial charge in [-0.25, -0.2) is 4.79 Å². The lowest BCUT2D eigenvalue weighted by Gasteiger charge is -2.43. The standard InChI is InChI=1S/C22H36N2O4/c1-7-12-24(13-8-2)19-14-17(22(26)27-11-5)15-20(21(19)23-16(6)25)28-18(9-3)10-4/h7-8,15,18-21H,1-2,9-14H2,3-6H3,(H,23,25)/t19-,20-,21+/m0/s1. The van der Waals surface area contributed by atoms with Crippen molar-refractivity contribution in [3.8, 4) is 0 Å². The molecule has 0 aromatic rings. The van der Waals surface area contributed by atoms with E-state index in [1.165, 1.54) is 6.92 Å². The zero-order valence-electron chi connectivity index (χ0n) is 17.8. The molecule has 28 heavy (non-hydrogen) atoms. The first-order valence-corrected chi connectivity index (χ1v) is 10.2. The molecule has 0 aromatic heterocycles. The maximum atomic E-state index is 12.5. The van der Waals surface area contributed by atoms with Crippen LogP contribution in [0.5, 0.6) is 0 Å². The zero-order valence-corrected chi connectivity index (χ0v) is 17.8. The van der Waals surface area contributed by atoms with Crippen LogP contribution in [-0.4, -0.2) is 60.8 Å². The Hall–Kier alpha value is -1.92. The van der Waals surface area contributed by atoms with Gasteiger partial charge in [0.15, 0.2) is 0 Å². The maximum Gasteiger partial charge on any atom is 0.333 e. The van der Waals surface area contributed by atoms with E-state index in [0.717, 1.165) is 12.8 Å². The molecule has 0 fully saturated rings. The Morgan fingerprint density at radius 1 is 1.25 bits per heavy atom. The van der Waals surface area contributed by atoms with Gasteiger partial charge in [-0.3, -0.25) is 9.69 Å². The third-order valence-corrected chi connectivity index (χ3v) is 4.93. The summed E-state index contributed by atoms with van der Waals surface area (Å²) >= 11 is 0. The maximum absolute atomic E-state index is 12.5. The van der Waals surface area contributed by atoms with Crippen molar-refractivity contribution in [1.29, 1.82) is 0 Å². The molecule has 1 N–H and O–H groups in total. The van der Waals surface area contributed by atoms with Crippen molar-refractivity contribution in [3.63, 3.8) is 0 Å². The van der Waals surface area contributed by atoms with E-state index in [1.807, 2.05) is 18.2 Å². The molecule has 0 unspecified atom stereocenters. The molecule has 0 saturated heterocycles. The third-order valence-electron chi connectivity index (χ3n) is 4.93. The first-order chi connectivity index (χ1) is 13.4. The van der Waals surface area contributed by atoms with Gasteiger partial charge in [0, 0.05) is 31.6 Å². The summed E-state index contributed by atoms with van der Waals surface area (Å²) in [6.07, 6.45) is 7.27. The Morgan fingerprint density at radius 2 is 1.86 bits per heavy atom. The lowest BCUT2D eigenvalue weighted by Crippen LogP contribution is -2.59. The molecule has 3 atom stereocenters. The highest BCUT2D eigenvalue weighted by Crippen LogP contribution is 2.28. The van der Waals surface area contributed by atoms with Crippen LogP contribution in [0.1, 0.15) is 47.0 Å². The average Bonchev–Trinajstić information content (AvgIpc) is 2.66. The Balaban J connectivity index is 3.34. The van der Waals surface area contributed by atoms with Gasteiger partial charge in [0.1, 0.15) is 0 Å². The Kier molecular flexibility index (Phi) is 10.8. The van der Waals surface area contributed by atoms with Gasteiger partial charge in [0.2, 0.25) is 5.91 Å². The number of carbonyl (C=O) groups excluding carboxylic acids is 2. The van der Waals surface area contributed by atoms with Gasteiger partial charge >= 0.3 is 5.97 Å². The van der Waals surface area contributed by atoms with Crippen LogP contribution in [0.2, 0.25) is 0 Å². The van der Waals surface area contributed by atoms with Crippen LogP contribution in [0, 0.1) is 0 Å². The SMILES string of the molecule is C=CCN(CC=C)[C@H]1CC(C(=O)OCC)=C[C@H](OC(CC)CC)[C@@H]1NC(C)=O. The van der Waals surface area contributed by atoms with Gasteiger partial charge < -0.3 is 14.8 Å². The molecule has 6 heteroatoms. The molecule has 0 heterocycles. The highest BCUT2D eigenvalue weighted by Gasteiger charge is 2.40. The molecule has 0 aliphatic heterocycles. The number of rotatable bonds is 12. The number of carbonyl (C=O) groups is 2. The lowest BCUT2D eigenvalue weighted by atomic mass is 9.86. The summed E-state index contributed by atoms with van der Waals surface area (Å²) in [4.78, 5) is 26.6. The topological polar surface area (TPSA) is 67.9 Å². The molecule has 0 radical (unpaired) electrons. The first kappa shape index (κ1) is 24.1. The second kappa shape index (κ2) is 12.5. The minimum atomic E-state index is -0.413. The molecule has 1 rings (SSSR count). The summed E-state index contributed by atoms with van der Waals surface area (Å²) in [5.74, 6) is -0.456. The molecule has 158 valence electrons. The van der Waals surface area contributed by atoms with E-state index >= 15 is 0 Å². The summed E-state index contributed by atoms with van der Waals surface area (Å²) in [7, 11) is 0. The average molecular weight is 393 g/mol. The van der Waals surface area contributed by atoms with E-state index in [1.54, 1.807) is 6.92 Å². The molecule has 1 amide bonds. The van der Waals surface area contributed by atoms with E-state index in [-0.39, 0.29) is 30.1 Å². The minimum absolute atomic E-state index is 0.0481. The fraction of sp³-hybridized carbons (Fsp3) is 0.636. The van der Waals surface area contributed by atoms with Gasteiger partial charge in [-0.05, 0) is 32.3 Å². The second-order valence-corrected chi connectivity index (χ2v) is 6.98. The van der Waals surface area contributed by atoms with Crippen LogP contribution >= 0.6 is 0 Å². The van der Waals surface area contributed by atoms with Crippen molar-refractivity contribution in [3.05, 3.63) is 37.0 Å². The molecule has 1 aliphatic carbocycles. The largest absolute Gasteiger partial charge is 0.463 e. The molecular formula is C22H36N2O4. The quantitative estimate of drug-likeness (QED) is 0.408. The molecule has 1 aliphatic rings. The Bertz CT molecular complexity index is 559. The number of esters is 1. The fourth-order valence-electron chi connectivity index (χ4n) is 3.59. The van der Waals surface area contributed by atoms with Gasteiger partial charge in [-0.15, -0.1) is 13.2 Å². The van der Waals surface area contributed by atoms with Crippen LogP contribution in [0.3, 0.4) is 0 Å². The van der Waals surface area contributed by atoms with Crippen LogP contribution in [-0.2, 0) is 19.1 Å². The van der Waals surface area contributed by atoms with Crippen molar-refractivity contribution in [2.45, 2.75) is 71.2 Å². The summed E-state index contributed by atoms with van der Waals surface area (Å²) in [5.41, 5.74) is 0.586. The second-order valence-electron chi connectivity index (χ2n) is 6.98. The Morgan fingerprint density at radius 3 is 2.32 bits per heavy atom. The predicted molar refractivity (Wildman–Crippen MR) is 112 cm³/mol. The third kappa shape index (κ3) is 6.91. The summed E-state index contributed by atoms with van der Waals surface area (Å²) in [5, 5.41) is 3.05. The van der Waals surface area contributed by atoms with Gasteiger partial charge in [0.25, 0.3) is 0 Å². The van der Waals surface area contributed by atoms with Gasteiger partial charge in [0.05, 0.1) is 24.9 Å². The van der Waals surface area contributed by atoms with Crippen molar-refractivity contribution < 1.29 is 19.1 Å². The van der Waals surface area contributed by atoms with E-state index in [0.29, 0.717) is 31.7 Å². The number of hydrogen-bond donors (Lipinski definition) is 1. The van der Waals surface area contributed by atoms with E-state index in [4.69, 9.17) is 9.47 Å². The van der Waals surface area contributed by atoms with Crippen molar-refractivity contribution >= 4 is 11.9 Å². The number of hydrogen-bond acceptors (Lipinski definition) is 5. The normalized spacial score (nSPS) is 21.9. The van der Waals surface area contributed by atoms with Crippen LogP contribution in [0.4, 0.5) is 0 Å². The summed E-state index contributed by atoms with van der Waals surface area (Å²) in [6, 6.07) is -0.417. The van der Waals surface area contributed by atoms with Crippen molar-refractivity contribution in [1.82, 2.24) is 10.2 Å². The molecule has 6 nitrogen and oxygen atoms in total. The van der Waals surface area contributed by atoms with E-state index in [2.05, 4.69) is 37.2 Å².